The Morgan fingerprint density at radius 1 is 1.35 bits per heavy atom. The van der Waals surface area contributed by atoms with Crippen molar-refractivity contribution in [3.05, 3.63) is 53.1 Å². The zero-order valence-corrected chi connectivity index (χ0v) is 13.4. The van der Waals surface area contributed by atoms with Crippen LogP contribution in [-0.4, -0.2) is 40.2 Å². The molecule has 0 spiro atoms. The average molecular weight is 316 g/mol. The van der Waals surface area contributed by atoms with Gasteiger partial charge in [-0.1, -0.05) is 6.07 Å². The second-order valence-corrected chi connectivity index (χ2v) is 6.19. The predicted molar refractivity (Wildman–Crippen MR) is 86.3 cm³/mol. The fourth-order valence-electron chi connectivity index (χ4n) is 3.33. The van der Waals surface area contributed by atoms with Crippen molar-refractivity contribution >= 4 is 5.91 Å². The van der Waals surface area contributed by atoms with E-state index in [9.17, 15) is 14.3 Å². The molecule has 0 aliphatic carbocycles. The highest BCUT2D eigenvalue weighted by Gasteiger charge is 2.28. The Kier molecular flexibility index (Phi) is 4.22. The van der Waals surface area contributed by atoms with Crippen LogP contribution in [-0.2, 0) is 0 Å². The van der Waals surface area contributed by atoms with Crippen LogP contribution in [0.25, 0.3) is 5.69 Å². The van der Waals surface area contributed by atoms with Gasteiger partial charge in [0.25, 0.3) is 5.91 Å². The average Bonchev–Trinajstić information content (AvgIpc) is 3.11. The highest BCUT2D eigenvalue weighted by molar-refractivity contribution is 5.96. The number of benzene rings is 1. The molecule has 5 heteroatoms. The van der Waals surface area contributed by atoms with E-state index < -0.39 is 0 Å². The van der Waals surface area contributed by atoms with Crippen LogP contribution in [0.3, 0.4) is 0 Å². The number of hydrogen-bond donors (Lipinski definition) is 1. The van der Waals surface area contributed by atoms with Gasteiger partial charge in [0.15, 0.2) is 0 Å². The number of carbonyl (C=O) groups is 1. The molecule has 1 fully saturated rings. The van der Waals surface area contributed by atoms with Crippen LogP contribution in [0.4, 0.5) is 4.39 Å². The van der Waals surface area contributed by atoms with Crippen LogP contribution in [0.5, 0.6) is 0 Å². The Bertz CT molecular complexity index is 739. The number of likely N-dealkylation sites (tertiary alicyclic amines) is 1. The summed E-state index contributed by atoms with van der Waals surface area (Å²) in [5.74, 6) is -0.143. The minimum atomic E-state index is -0.298. The van der Waals surface area contributed by atoms with Gasteiger partial charge in [-0.3, -0.25) is 4.79 Å². The van der Waals surface area contributed by atoms with E-state index in [2.05, 4.69) is 0 Å². The molecule has 1 atom stereocenters. The maximum absolute atomic E-state index is 13.5. The minimum Gasteiger partial charge on any atom is -0.396 e. The molecule has 1 saturated heterocycles. The molecule has 1 N–H and O–H groups in total. The standard InChI is InChI=1S/C18H21FN2O2/c1-12-8-17(18(23)20-7-6-14(10-20)11-22)13(2)21(12)16-5-3-4-15(19)9-16/h3-5,8-9,14,22H,6-7,10-11H2,1-2H3. The number of halogens is 1. The number of carbonyl (C=O) groups excluding carboxylic acids is 1. The second-order valence-electron chi connectivity index (χ2n) is 6.19. The fourth-order valence-corrected chi connectivity index (χ4v) is 3.33. The number of aliphatic hydroxyl groups is 1. The van der Waals surface area contributed by atoms with Gasteiger partial charge in [-0.2, -0.15) is 0 Å². The van der Waals surface area contributed by atoms with E-state index >= 15 is 0 Å². The van der Waals surface area contributed by atoms with Crippen molar-refractivity contribution in [2.24, 2.45) is 5.92 Å². The van der Waals surface area contributed by atoms with Crippen molar-refractivity contribution in [1.82, 2.24) is 9.47 Å². The zero-order valence-electron chi connectivity index (χ0n) is 13.4. The topological polar surface area (TPSA) is 45.5 Å². The molecule has 0 radical (unpaired) electrons. The third kappa shape index (κ3) is 2.88. The highest BCUT2D eigenvalue weighted by Crippen LogP contribution is 2.25. The molecule has 2 heterocycles. The Balaban J connectivity index is 1.93. The fraction of sp³-hybridized carbons (Fsp3) is 0.389. The molecule has 23 heavy (non-hydrogen) atoms. The lowest BCUT2D eigenvalue weighted by atomic mass is 10.1. The number of hydrogen-bond acceptors (Lipinski definition) is 2. The maximum Gasteiger partial charge on any atom is 0.255 e. The summed E-state index contributed by atoms with van der Waals surface area (Å²) in [7, 11) is 0. The maximum atomic E-state index is 13.5. The van der Waals surface area contributed by atoms with Crippen LogP contribution in [0, 0.1) is 25.6 Å². The summed E-state index contributed by atoms with van der Waals surface area (Å²) in [6, 6.07) is 8.22. The van der Waals surface area contributed by atoms with Gasteiger partial charge < -0.3 is 14.6 Å². The third-order valence-electron chi connectivity index (χ3n) is 4.56. The molecule has 1 unspecified atom stereocenters. The Morgan fingerprint density at radius 2 is 2.13 bits per heavy atom. The molecule has 2 aromatic rings. The number of aryl methyl sites for hydroxylation is 1. The number of rotatable bonds is 3. The number of nitrogens with zero attached hydrogens (tertiary/aromatic N) is 2. The molecule has 3 rings (SSSR count). The number of amides is 1. The number of aliphatic hydroxyl groups excluding tert-OH is 1. The van der Waals surface area contributed by atoms with Gasteiger partial charge in [0.1, 0.15) is 5.82 Å². The van der Waals surface area contributed by atoms with E-state index in [1.165, 1.54) is 12.1 Å². The van der Waals surface area contributed by atoms with Gasteiger partial charge in [0.05, 0.1) is 5.56 Å². The van der Waals surface area contributed by atoms with E-state index in [0.29, 0.717) is 24.3 Å². The number of aromatic nitrogens is 1. The van der Waals surface area contributed by atoms with Gasteiger partial charge >= 0.3 is 0 Å². The summed E-state index contributed by atoms with van der Waals surface area (Å²) in [4.78, 5) is 14.5. The van der Waals surface area contributed by atoms with Crippen molar-refractivity contribution in [2.75, 3.05) is 19.7 Å². The first-order valence-corrected chi connectivity index (χ1v) is 7.86. The van der Waals surface area contributed by atoms with Crippen molar-refractivity contribution in [3.8, 4) is 5.69 Å². The Labute approximate surface area is 135 Å². The van der Waals surface area contributed by atoms with Crippen molar-refractivity contribution in [2.45, 2.75) is 20.3 Å². The summed E-state index contributed by atoms with van der Waals surface area (Å²) < 4.78 is 15.4. The van der Waals surface area contributed by atoms with Gasteiger partial charge in [0.2, 0.25) is 0 Å². The minimum absolute atomic E-state index is 0.0169. The molecule has 1 aliphatic rings. The molecule has 1 aromatic carbocycles. The van der Waals surface area contributed by atoms with E-state index in [0.717, 1.165) is 17.8 Å². The van der Waals surface area contributed by atoms with Gasteiger partial charge in [0, 0.05) is 42.7 Å². The quantitative estimate of drug-likeness (QED) is 0.946. The Hall–Kier alpha value is -2.14. The summed E-state index contributed by atoms with van der Waals surface area (Å²) >= 11 is 0. The molecule has 122 valence electrons. The van der Waals surface area contributed by atoms with Crippen molar-refractivity contribution in [1.29, 1.82) is 0 Å². The molecule has 0 saturated carbocycles. The largest absolute Gasteiger partial charge is 0.396 e. The lowest BCUT2D eigenvalue weighted by Crippen LogP contribution is -2.29. The molecule has 1 aromatic heterocycles. The Morgan fingerprint density at radius 3 is 2.78 bits per heavy atom. The monoisotopic (exact) mass is 316 g/mol. The third-order valence-corrected chi connectivity index (χ3v) is 4.56. The summed E-state index contributed by atoms with van der Waals surface area (Å²) in [6.07, 6.45) is 0.838. The van der Waals surface area contributed by atoms with Crippen LogP contribution in [0.1, 0.15) is 28.2 Å². The van der Waals surface area contributed by atoms with Crippen LogP contribution in [0.2, 0.25) is 0 Å². The molecular weight excluding hydrogens is 295 g/mol. The molecule has 1 aliphatic heterocycles. The normalized spacial score (nSPS) is 17.7. The lowest BCUT2D eigenvalue weighted by molar-refractivity contribution is 0.0781. The van der Waals surface area contributed by atoms with E-state index in [-0.39, 0.29) is 24.2 Å². The molecule has 4 nitrogen and oxygen atoms in total. The van der Waals surface area contributed by atoms with E-state index in [1.807, 2.05) is 30.5 Å². The second kappa shape index (κ2) is 6.16. The molecule has 0 bridgehead atoms. The van der Waals surface area contributed by atoms with Crippen molar-refractivity contribution < 1.29 is 14.3 Å². The summed E-state index contributed by atoms with van der Waals surface area (Å²) in [6.45, 7) is 5.18. The zero-order chi connectivity index (χ0) is 16.6. The SMILES string of the molecule is Cc1cc(C(=O)N2CCC(CO)C2)c(C)n1-c1cccc(F)c1. The van der Waals surface area contributed by atoms with E-state index in [4.69, 9.17) is 0 Å². The van der Waals surface area contributed by atoms with Gasteiger partial charge in [-0.15, -0.1) is 0 Å². The van der Waals surface area contributed by atoms with Gasteiger partial charge in [-0.05, 0) is 44.5 Å². The van der Waals surface area contributed by atoms with Gasteiger partial charge in [-0.25, -0.2) is 4.39 Å². The first-order chi connectivity index (χ1) is 11.0. The molecular formula is C18H21FN2O2. The van der Waals surface area contributed by atoms with Crippen LogP contribution >= 0.6 is 0 Å². The molecule has 1 amide bonds. The van der Waals surface area contributed by atoms with Crippen LogP contribution in [0.15, 0.2) is 30.3 Å². The van der Waals surface area contributed by atoms with E-state index in [1.54, 1.807) is 11.0 Å². The van der Waals surface area contributed by atoms with Crippen molar-refractivity contribution in [3.63, 3.8) is 0 Å². The summed E-state index contributed by atoms with van der Waals surface area (Å²) in [5, 5.41) is 9.24. The van der Waals surface area contributed by atoms with Crippen LogP contribution < -0.4 is 0 Å². The predicted octanol–water partition coefficient (Wildman–Crippen LogP) is 2.69. The lowest BCUT2D eigenvalue weighted by Gasteiger charge is -2.16. The first-order valence-electron chi connectivity index (χ1n) is 7.86. The highest BCUT2D eigenvalue weighted by atomic mass is 19.1. The first kappa shape index (κ1) is 15.7. The smallest absolute Gasteiger partial charge is 0.255 e. The summed E-state index contributed by atoms with van der Waals surface area (Å²) in [5.41, 5.74) is 3.07.